The Kier molecular flexibility index (Phi) is 13.5. The number of pyridine rings is 1. The maximum Gasteiger partial charge on any atom is 0.257 e. The summed E-state index contributed by atoms with van der Waals surface area (Å²) in [5.41, 5.74) is 4.47. The van der Waals surface area contributed by atoms with Gasteiger partial charge < -0.3 is 9.62 Å². The van der Waals surface area contributed by atoms with Crippen molar-refractivity contribution in [2.24, 2.45) is 0 Å². The van der Waals surface area contributed by atoms with Gasteiger partial charge in [-0.3, -0.25) is 4.79 Å². The molecule has 2 heterocycles. The molecule has 1 aliphatic heterocycles. The predicted octanol–water partition coefficient (Wildman–Crippen LogP) is 11.1. The number of unbranched alkanes of at least 4 members (excludes halogenated alkanes) is 1. The number of benzene rings is 3. The van der Waals surface area contributed by atoms with E-state index in [0.717, 1.165) is 46.6 Å². The van der Waals surface area contributed by atoms with Gasteiger partial charge in [0, 0.05) is 34.6 Å². The van der Waals surface area contributed by atoms with Gasteiger partial charge in [0.25, 0.3) is 5.91 Å². The third-order valence-electron chi connectivity index (χ3n) is 6.42. The van der Waals surface area contributed by atoms with E-state index in [-0.39, 0.29) is 5.91 Å². The molecule has 1 saturated heterocycles. The fraction of sp³-hybridized carbons (Fsp3) is 0.294. The van der Waals surface area contributed by atoms with E-state index >= 15 is 0 Å². The van der Waals surface area contributed by atoms with Crippen molar-refractivity contribution >= 4 is 63.3 Å². The van der Waals surface area contributed by atoms with Crippen LogP contribution in [0.15, 0.2) is 84.9 Å². The zero-order valence-corrected chi connectivity index (χ0v) is 26.6. The molecule has 0 radical (unpaired) electrons. The third-order valence-corrected chi connectivity index (χ3v) is 8.24. The molecule has 0 unspecified atom stereocenters. The molecule has 3 aromatic carbocycles. The van der Waals surface area contributed by atoms with Crippen molar-refractivity contribution in [1.82, 2.24) is 4.98 Å². The van der Waals surface area contributed by atoms with Crippen molar-refractivity contribution in [1.29, 1.82) is 0 Å². The number of halogens is 2. The van der Waals surface area contributed by atoms with Gasteiger partial charge in [-0.2, -0.15) is 0 Å². The van der Waals surface area contributed by atoms with Crippen LogP contribution >= 0.6 is 35.1 Å². The standard InChI is InChI=1S/C26H21Cl2N3OS.C4H10.C4H8/c27-22-11-8-18(15-21(22)25-12-7-17-5-1-2-6-24(17)30-25)29-26(32)20-10-9-19(16-23(20)28)31-13-3-4-14-33-31;2*1-3-4-2/h1-2,5-12,15-16H,3-4,13-14H2,(H,29,32);3-4H2,1-2H3;3-4H,1-2H3/b;;4-3-. The molecule has 7 heteroatoms. The predicted molar refractivity (Wildman–Crippen MR) is 182 cm³/mol. The highest BCUT2D eigenvalue weighted by atomic mass is 35.5. The van der Waals surface area contributed by atoms with Crippen LogP contribution in [0.25, 0.3) is 22.2 Å². The third kappa shape index (κ3) is 9.53. The van der Waals surface area contributed by atoms with Crippen LogP contribution in [0.4, 0.5) is 11.4 Å². The average molecular weight is 609 g/mol. The number of fused-ring (bicyclic) bond motifs is 1. The number of rotatable bonds is 5. The number of aromatic nitrogens is 1. The molecule has 41 heavy (non-hydrogen) atoms. The lowest BCUT2D eigenvalue weighted by molar-refractivity contribution is 0.102. The molecular weight excluding hydrogens is 569 g/mol. The molecule has 0 aliphatic carbocycles. The number of hydrogen-bond acceptors (Lipinski definition) is 4. The number of nitrogens with one attached hydrogen (secondary N) is 1. The Morgan fingerprint density at radius 1 is 0.927 bits per heavy atom. The summed E-state index contributed by atoms with van der Waals surface area (Å²) in [5.74, 6) is 0.836. The molecule has 216 valence electrons. The Morgan fingerprint density at radius 3 is 2.34 bits per heavy atom. The largest absolute Gasteiger partial charge is 0.322 e. The lowest BCUT2D eigenvalue weighted by atomic mass is 10.1. The number of allylic oxidation sites excluding steroid dienone is 2. The molecule has 1 aliphatic rings. The van der Waals surface area contributed by atoms with Crippen LogP contribution in [0.2, 0.25) is 10.0 Å². The molecule has 0 spiro atoms. The molecule has 0 bridgehead atoms. The molecule has 5 rings (SSSR count). The molecule has 1 N–H and O–H groups in total. The van der Waals surface area contributed by atoms with Crippen molar-refractivity contribution < 1.29 is 4.79 Å². The fourth-order valence-electron chi connectivity index (χ4n) is 3.86. The second kappa shape index (κ2) is 17.1. The number of hydrogen-bond donors (Lipinski definition) is 1. The van der Waals surface area contributed by atoms with Crippen molar-refractivity contribution in [2.75, 3.05) is 21.9 Å². The van der Waals surface area contributed by atoms with Crippen molar-refractivity contribution in [3.63, 3.8) is 0 Å². The first-order valence-electron chi connectivity index (χ1n) is 14.2. The van der Waals surface area contributed by atoms with Gasteiger partial charge >= 0.3 is 0 Å². The highest BCUT2D eigenvalue weighted by molar-refractivity contribution is 8.00. The van der Waals surface area contributed by atoms with E-state index in [1.807, 2.05) is 80.6 Å². The zero-order chi connectivity index (χ0) is 29.6. The lowest BCUT2D eigenvalue weighted by Gasteiger charge is -2.27. The smallest absolute Gasteiger partial charge is 0.257 e. The highest BCUT2D eigenvalue weighted by Gasteiger charge is 2.17. The van der Waals surface area contributed by atoms with Crippen molar-refractivity contribution in [2.45, 2.75) is 53.4 Å². The Bertz CT molecular complexity index is 1450. The molecule has 1 fully saturated rings. The number of carbonyl (C=O) groups is 1. The van der Waals surface area contributed by atoms with Crippen LogP contribution in [0.3, 0.4) is 0 Å². The van der Waals surface area contributed by atoms with E-state index in [1.165, 1.54) is 19.3 Å². The maximum absolute atomic E-state index is 13.0. The first-order chi connectivity index (χ1) is 19.9. The van der Waals surface area contributed by atoms with E-state index in [0.29, 0.717) is 21.3 Å². The summed E-state index contributed by atoms with van der Waals surface area (Å²) in [5, 5.41) is 5.00. The van der Waals surface area contributed by atoms with E-state index in [1.54, 1.807) is 30.1 Å². The first kappa shape index (κ1) is 32.5. The van der Waals surface area contributed by atoms with Crippen LogP contribution < -0.4 is 9.62 Å². The van der Waals surface area contributed by atoms with Gasteiger partial charge in [0.15, 0.2) is 0 Å². The number of para-hydroxylation sites is 1. The van der Waals surface area contributed by atoms with E-state index in [2.05, 4.69) is 23.5 Å². The number of nitrogens with zero attached hydrogens (tertiary/aromatic N) is 2. The van der Waals surface area contributed by atoms with E-state index in [4.69, 9.17) is 28.2 Å². The van der Waals surface area contributed by atoms with Crippen molar-refractivity contribution in [3.05, 3.63) is 101 Å². The normalized spacial score (nSPS) is 12.8. The summed E-state index contributed by atoms with van der Waals surface area (Å²) < 4.78 is 2.24. The van der Waals surface area contributed by atoms with Gasteiger partial charge in [0.2, 0.25) is 0 Å². The molecular formula is C34H39Cl2N3OS. The minimum Gasteiger partial charge on any atom is -0.322 e. The van der Waals surface area contributed by atoms with E-state index in [9.17, 15) is 4.79 Å². The van der Waals surface area contributed by atoms with E-state index < -0.39 is 0 Å². The van der Waals surface area contributed by atoms with Crippen LogP contribution in [0.1, 0.15) is 63.7 Å². The average Bonchev–Trinajstić information content (AvgIpc) is 3.02. The summed E-state index contributed by atoms with van der Waals surface area (Å²) in [4.78, 5) is 17.7. The van der Waals surface area contributed by atoms with Gasteiger partial charge in [-0.05, 0) is 87.2 Å². The second-order valence-electron chi connectivity index (χ2n) is 9.51. The molecule has 0 saturated carbocycles. The minimum atomic E-state index is -0.266. The summed E-state index contributed by atoms with van der Waals surface area (Å²) >= 11 is 14.8. The minimum absolute atomic E-state index is 0.266. The van der Waals surface area contributed by atoms with Gasteiger partial charge in [-0.15, -0.1) is 0 Å². The van der Waals surface area contributed by atoms with Gasteiger partial charge in [0.1, 0.15) is 0 Å². The number of carbonyl (C=O) groups excluding carboxylic acids is 1. The van der Waals surface area contributed by atoms with Crippen LogP contribution in [0.5, 0.6) is 0 Å². The summed E-state index contributed by atoms with van der Waals surface area (Å²) in [7, 11) is 0. The fourth-order valence-corrected chi connectivity index (χ4v) is 5.41. The molecule has 4 nitrogen and oxygen atoms in total. The highest BCUT2D eigenvalue weighted by Crippen LogP contribution is 2.33. The van der Waals surface area contributed by atoms with Gasteiger partial charge in [-0.25, -0.2) is 4.98 Å². The molecule has 1 aromatic heterocycles. The zero-order valence-electron chi connectivity index (χ0n) is 24.3. The lowest BCUT2D eigenvalue weighted by Crippen LogP contribution is -2.21. The number of amides is 1. The topological polar surface area (TPSA) is 45.2 Å². The van der Waals surface area contributed by atoms with Gasteiger partial charge in [-0.1, -0.05) is 86.3 Å². The second-order valence-corrected chi connectivity index (χ2v) is 11.4. The molecule has 4 aromatic rings. The van der Waals surface area contributed by atoms with Crippen LogP contribution in [0, 0.1) is 0 Å². The number of anilines is 2. The summed E-state index contributed by atoms with van der Waals surface area (Å²) in [6.07, 6.45) is 9.03. The Morgan fingerprint density at radius 2 is 1.68 bits per heavy atom. The summed E-state index contributed by atoms with van der Waals surface area (Å²) in [6, 6.07) is 22.8. The first-order valence-corrected chi connectivity index (χ1v) is 15.9. The van der Waals surface area contributed by atoms with Gasteiger partial charge in [0.05, 0.1) is 26.8 Å². The Hall–Kier alpha value is -2.99. The maximum atomic E-state index is 13.0. The van der Waals surface area contributed by atoms with Crippen LogP contribution in [-0.2, 0) is 0 Å². The quantitative estimate of drug-likeness (QED) is 0.181. The van der Waals surface area contributed by atoms with Crippen molar-refractivity contribution in [3.8, 4) is 11.3 Å². The monoisotopic (exact) mass is 607 g/mol. The Labute approximate surface area is 259 Å². The molecule has 1 amide bonds. The molecule has 0 atom stereocenters. The summed E-state index contributed by atoms with van der Waals surface area (Å²) in [6.45, 7) is 9.35. The Balaban J connectivity index is 0.000000515. The van der Waals surface area contributed by atoms with Crippen LogP contribution in [-0.4, -0.2) is 23.2 Å². The SMILES string of the molecule is C/C=C\C.CCCC.O=C(Nc1ccc(Cl)c(-c2ccc3ccccc3n2)c1)c1ccc(N2CCCCS2)cc1Cl.